The molecule has 25 heavy (non-hydrogen) atoms. The molecular formula is C18H17FN4O2. The van der Waals surface area contributed by atoms with Gasteiger partial charge in [-0.1, -0.05) is 6.07 Å². The van der Waals surface area contributed by atoms with Crippen molar-refractivity contribution in [3.05, 3.63) is 65.7 Å². The molecule has 0 spiro atoms. The molecule has 0 aliphatic carbocycles. The van der Waals surface area contributed by atoms with E-state index in [0.717, 1.165) is 11.0 Å². The highest BCUT2D eigenvalue weighted by molar-refractivity contribution is 5.97. The molecule has 6 nitrogen and oxygen atoms in total. The topological polar surface area (TPSA) is 86.9 Å². The Kier molecular flexibility index (Phi) is 5.03. The molecule has 3 rings (SSSR count). The third kappa shape index (κ3) is 4.20. The van der Waals surface area contributed by atoms with E-state index in [1.54, 1.807) is 30.6 Å². The number of aromatic nitrogens is 2. The van der Waals surface area contributed by atoms with Gasteiger partial charge in [-0.15, -0.1) is 0 Å². The average molecular weight is 340 g/mol. The van der Waals surface area contributed by atoms with Crippen LogP contribution in [-0.4, -0.2) is 34.9 Å². The predicted octanol–water partition coefficient (Wildman–Crippen LogP) is 2.25. The largest absolute Gasteiger partial charge is 0.352 e. The van der Waals surface area contributed by atoms with E-state index in [-0.39, 0.29) is 17.4 Å². The Labute approximate surface area is 143 Å². The molecule has 0 unspecified atom stereocenters. The molecule has 0 saturated carbocycles. The van der Waals surface area contributed by atoms with Crippen LogP contribution in [0.15, 0.2) is 48.8 Å². The van der Waals surface area contributed by atoms with Crippen LogP contribution in [0.2, 0.25) is 0 Å². The molecule has 2 aromatic carbocycles. The van der Waals surface area contributed by atoms with Crippen LogP contribution in [0.4, 0.5) is 4.39 Å². The zero-order chi connectivity index (χ0) is 17.6. The van der Waals surface area contributed by atoms with Gasteiger partial charge in [0.1, 0.15) is 5.82 Å². The van der Waals surface area contributed by atoms with E-state index in [1.807, 2.05) is 0 Å². The monoisotopic (exact) mass is 340 g/mol. The van der Waals surface area contributed by atoms with E-state index in [0.29, 0.717) is 25.1 Å². The van der Waals surface area contributed by atoms with Crippen molar-refractivity contribution < 1.29 is 14.0 Å². The number of carbonyl (C=O) groups is 2. The lowest BCUT2D eigenvalue weighted by molar-refractivity contribution is 0.0951. The standard InChI is InChI=1S/C18H17FN4O2/c19-14-4-1-3-12(9-14)17(24)20-7-2-8-21-18(25)13-5-6-15-16(10-13)23-11-22-15/h1,3-6,9-11H,2,7-8H2,(H,20,24)(H,21,25)(H,22,23). The number of imidazole rings is 1. The lowest BCUT2D eigenvalue weighted by Crippen LogP contribution is -2.29. The number of hydrogen-bond acceptors (Lipinski definition) is 3. The van der Waals surface area contributed by atoms with E-state index < -0.39 is 5.82 Å². The minimum absolute atomic E-state index is 0.187. The first-order valence-electron chi connectivity index (χ1n) is 7.88. The highest BCUT2D eigenvalue weighted by atomic mass is 19.1. The highest BCUT2D eigenvalue weighted by Crippen LogP contribution is 2.11. The first-order valence-corrected chi connectivity index (χ1v) is 7.88. The average Bonchev–Trinajstić information content (AvgIpc) is 3.08. The number of benzene rings is 2. The minimum atomic E-state index is -0.450. The van der Waals surface area contributed by atoms with Gasteiger partial charge in [-0.25, -0.2) is 9.37 Å². The molecule has 0 aliphatic heterocycles. The van der Waals surface area contributed by atoms with Crippen molar-refractivity contribution >= 4 is 22.8 Å². The third-order valence-electron chi connectivity index (χ3n) is 3.69. The van der Waals surface area contributed by atoms with E-state index >= 15 is 0 Å². The summed E-state index contributed by atoms with van der Waals surface area (Å²) in [5, 5.41) is 5.48. The number of hydrogen-bond donors (Lipinski definition) is 3. The van der Waals surface area contributed by atoms with Crippen molar-refractivity contribution in [1.82, 2.24) is 20.6 Å². The van der Waals surface area contributed by atoms with E-state index in [4.69, 9.17) is 0 Å². The highest BCUT2D eigenvalue weighted by Gasteiger charge is 2.08. The van der Waals surface area contributed by atoms with Gasteiger partial charge < -0.3 is 15.6 Å². The van der Waals surface area contributed by atoms with Gasteiger partial charge in [-0.3, -0.25) is 9.59 Å². The van der Waals surface area contributed by atoms with Gasteiger partial charge in [0.15, 0.2) is 0 Å². The number of nitrogens with zero attached hydrogens (tertiary/aromatic N) is 1. The predicted molar refractivity (Wildman–Crippen MR) is 91.8 cm³/mol. The minimum Gasteiger partial charge on any atom is -0.352 e. The van der Waals surface area contributed by atoms with Crippen LogP contribution in [0, 0.1) is 5.82 Å². The van der Waals surface area contributed by atoms with Crippen molar-refractivity contribution in [2.45, 2.75) is 6.42 Å². The summed E-state index contributed by atoms with van der Waals surface area (Å²) < 4.78 is 13.1. The summed E-state index contributed by atoms with van der Waals surface area (Å²) in [5.74, 6) is -0.974. The normalized spacial score (nSPS) is 10.6. The van der Waals surface area contributed by atoms with Crippen molar-refractivity contribution in [3.63, 3.8) is 0 Å². The second-order valence-electron chi connectivity index (χ2n) is 5.51. The number of amides is 2. The maximum Gasteiger partial charge on any atom is 0.251 e. The molecule has 0 fully saturated rings. The quantitative estimate of drug-likeness (QED) is 0.602. The summed E-state index contributed by atoms with van der Waals surface area (Å²) in [6, 6.07) is 10.7. The van der Waals surface area contributed by atoms with Crippen molar-refractivity contribution in [2.75, 3.05) is 13.1 Å². The van der Waals surface area contributed by atoms with Gasteiger partial charge in [-0.05, 0) is 42.8 Å². The fraction of sp³-hybridized carbons (Fsp3) is 0.167. The molecular weight excluding hydrogens is 323 g/mol. The van der Waals surface area contributed by atoms with Crippen molar-refractivity contribution in [3.8, 4) is 0 Å². The van der Waals surface area contributed by atoms with Gasteiger partial charge >= 0.3 is 0 Å². The Balaban J connectivity index is 1.42. The number of aromatic amines is 1. The molecule has 3 aromatic rings. The maximum atomic E-state index is 13.1. The van der Waals surface area contributed by atoms with Crippen LogP contribution in [0.3, 0.4) is 0 Å². The number of carbonyl (C=O) groups excluding carboxylic acids is 2. The SMILES string of the molecule is O=C(NCCCNC(=O)c1ccc2nc[nH]c2c1)c1cccc(F)c1. The molecule has 0 atom stereocenters. The van der Waals surface area contributed by atoms with Crippen LogP contribution in [-0.2, 0) is 0 Å². The fourth-order valence-electron chi connectivity index (χ4n) is 2.40. The molecule has 3 N–H and O–H groups in total. The zero-order valence-corrected chi connectivity index (χ0v) is 13.4. The molecule has 0 saturated heterocycles. The Morgan fingerprint density at radius 3 is 2.44 bits per heavy atom. The number of nitrogens with one attached hydrogen (secondary N) is 3. The summed E-state index contributed by atoms with van der Waals surface area (Å²) in [6.07, 6.45) is 2.15. The number of rotatable bonds is 6. The fourth-order valence-corrected chi connectivity index (χ4v) is 2.40. The molecule has 0 radical (unpaired) electrons. The summed E-state index contributed by atoms with van der Waals surface area (Å²) in [4.78, 5) is 31.0. The molecule has 0 aliphatic rings. The smallest absolute Gasteiger partial charge is 0.251 e. The Morgan fingerprint density at radius 2 is 1.72 bits per heavy atom. The van der Waals surface area contributed by atoms with Crippen LogP contribution >= 0.6 is 0 Å². The van der Waals surface area contributed by atoms with Gasteiger partial charge in [0.25, 0.3) is 11.8 Å². The molecule has 7 heteroatoms. The number of fused-ring (bicyclic) bond motifs is 1. The second kappa shape index (κ2) is 7.57. The summed E-state index contributed by atoms with van der Waals surface area (Å²) in [6.45, 7) is 0.804. The summed E-state index contributed by atoms with van der Waals surface area (Å²) in [7, 11) is 0. The second-order valence-corrected chi connectivity index (χ2v) is 5.51. The van der Waals surface area contributed by atoms with Crippen LogP contribution in [0.25, 0.3) is 11.0 Å². The first-order chi connectivity index (χ1) is 12.1. The lowest BCUT2D eigenvalue weighted by atomic mass is 10.2. The third-order valence-corrected chi connectivity index (χ3v) is 3.69. The molecule has 128 valence electrons. The molecule has 1 heterocycles. The van der Waals surface area contributed by atoms with Crippen LogP contribution < -0.4 is 10.6 Å². The van der Waals surface area contributed by atoms with E-state index in [2.05, 4.69) is 20.6 Å². The van der Waals surface area contributed by atoms with Crippen molar-refractivity contribution in [2.24, 2.45) is 0 Å². The maximum absolute atomic E-state index is 13.1. The lowest BCUT2D eigenvalue weighted by Gasteiger charge is -2.07. The number of H-pyrrole nitrogens is 1. The summed E-state index contributed by atoms with van der Waals surface area (Å²) >= 11 is 0. The van der Waals surface area contributed by atoms with Gasteiger partial charge in [0.05, 0.1) is 17.4 Å². The van der Waals surface area contributed by atoms with E-state index in [9.17, 15) is 14.0 Å². The Hall–Kier alpha value is -3.22. The Bertz CT molecular complexity index is 907. The van der Waals surface area contributed by atoms with Gasteiger partial charge in [0, 0.05) is 24.2 Å². The van der Waals surface area contributed by atoms with Gasteiger partial charge in [-0.2, -0.15) is 0 Å². The Morgan fingerprint density at radius 1 is 1.00 bits per heavy atom. The molecule has 2 amide bonds. The zero-order valence-electron chi connectivity index (χ0n) is 13.4. The van der Waals surface area contributed by atoms with Crippen molar-refractivity contribution in [1.29, 1.82) is 0 Å². The first kappa shape index (κ1) is 16.6. The van der Waals surface area contributed by atoms with Gasteiger partial charge in [0.2, 0.25) is 0 Å². The number of halogens is 1. The summed E-state index contributed by atoms with van der Waals surface area (Å²) in [5.41, 5.74) is 2.42. The van der Waals surface area contributed by atoms with Crippen LogP contribution in [0.5, 0.6) is 0 Å². The molecule has 1 aromatic heterocycles. The molecule has 0 bridgehead atoms. The van der Waals surface area contributed by atoms with Crippen LogP contribution in [0.1, 0.15) is 27.1 Å². The van der Waals surface area contributed by atoms with E-state index in [1.165, 1.54) is 18.2 Å².